The number of benzene rings is 5. The molecule has 0 atom stereocenters. The van der Waals surface area contributed by atoms with E-state index in [0.29, 0.717) is 0 Å². The Labute approximate surface area is 281 Å². The molecular formula is C43H46Ti. The average molecular weight is 611 g/mol. The van der Waals surface area contributed by atoms with Gasteiger partial charge in [-0.1, -0.05) is 144 Å². The van der Waals surface area contributed by atoms with Crippen molar-refractivity contribution in [2.45, 2.75) is 65.7 Å². The number of aryl methyl sites for hydroxylation is 1. The molecule has 0 saturated carbocycles. The third-order valence-corrected chi connectivity index (χ3v) is 8.44. The summed E-state index contributed by atoms with van der Waals surface area (Å²) in [6.45, 7) is 15.8. The van der Waals surface area contributed by atoms with Gasteiger partial charge in [0.05, 0.1) is 0 Å². The first kappa shape index (κ1) is 35.2. The molecule has 1 heteroatoms. The molecule has 1 aliphatic carbocycles. The number of hydrogen-bond donors (Lipinski definition) is 0. The van der Waals surface area contributed by atoms with E-state index < -0.39 is 0 Å². The van der Waals surface area contributed by atoms with E-state index in [9.17, 15) is 0 Å². The zero-order chi connectivity index (χ0) is 28.9. The van der Waals surface area contributed by atoms with Crippen molar-refractivity contribution in [1.82, 2.24) is 0 Å². The molecule has 0 amide bonds. The van der Waals surface area contributed by atoms with Crippen LogP contribution in [0, 0.1) is 27.8 Å². The van der Waals surface area contributed by atoms with Gasteiger partial charge in [-0.2, -0.15) is 29.8 Å². The zero-order valence-electron chi connectivity index (χ0n) is 28.0. The predicted octanol–water partition coefficient (Wildman–Crippen LogP) is 12.2. The Morgan fingerprint density at radius 2 is 1.27 bits per heavy atom. The maximum absolute atomic E-state index is 3.67. The van der Waals surface area contributed by atoms with Crippen LogP contribution in [0.4, 0.5) is 0 Å². The molecule has 0 bridgehead atoms. The van der Waals surface area contributed by atoms with Gasteiger partial charge >= 0.3 is 21.7 Å². The summed E-state index contributed by atoms with van der Waals surface area (Å²) in [5, 5.41) is 5.29. The van der Waals surface area contributed by atoms with Crippen LogP contribution in [0.3, 0.4) is 0 Å². The first-order valence-corrected chi connectivity index (χ1v) is 14.8. The molecule has 7 rings (SSSR count). The maximum Gasteiger partial charge on any atom is 4.00 e. The van der Waals surface area contributed by atoms with Gasteiger partial charge in [-0.25, -0.2) is 0 Å². The monoisotopic (exact) mass is 610 g/mol. The molecule has 222 valence electrons. The summed E-state index contributed by atoms with van der Waals surface area (Å²) >= 11 is 0. The second-order valence-corrected chi connectivity index (χ2v) is 13.7. The van der Waals surface area contributed by atoms with Gasteiger partial charge in [0.25, 0.3) is 0 Å². The van der Waals surface area contributed by atoms with Gasteiger partial charge in [-0.15, -0.1) is 39.6 Å². The molecule has 0 fully saturated rings. The van der Waals surface area contributed by atoms with E-state index in [2.05, 4.69) is 158 Å². The Morgan fingerprint density at radius 3 is 1.98 bits per heavy atom. The fourth-order valence-electron chi connectivity index (χ4n) is 6.09. The summed E-state index contributed by atoms with van der Waals surface area (Å²) in [5.41, 5.74) is 12.7. The minimum absolute atomic E-state index is 0. The van der Waals surface area contributed by atoms with Crippen LogP contribution < -0.4 is 0 Å². The van der Waals surface area contributed by atoms with Gasteiger partial charge in [0.15, 0.2) is 0 Å². The van der Waals surface area contributed by atoms with Gasteiger partial charge in [0, 0.05) is 0 Å². The van der Waals surface area contributed by atoms with Gasteiger partial charge < -0.3 is 14.9 Å². The molecule has 0 aromatic heterocycles. The Hall–Kier alpha value is -3.32. The molecule has 0 nitrogen and oxygen atoms in total. The topological polar surface area (TPSA) is 0 Å². The average Bonchev–Trinajstić information content (AvgIpc) is 3.50. The van der Waals surface area contributed by atoms with E-state index in [4.69, 9.17) is 0 Å². The second kappa shape index (κ2) is 13.4. The van der Waals surface area contributed by atoms with Crippen LogP contribution in [-0.4, -0.2) is 0 Å². The van der Waals surface area contributed by atoms with Crippen molar-refractivity contribution in [2.24, 2.45) is 0 Å². The normalized spacial score (nSPS) is 11.8. The van der Waals surface area contributed by atoms with Crippen LogP contribution in [0.25, 0.3) is 43.8 Å². The third-order valence-electron chi connectivity index (χ3n) is 8.44. The largest absolute Gasteiger partial charge is 4.00 e. The summed E-state index contributed by atoms with van der Waals surface area (Å²) in [7, 11) is 0. The number of rotatable bonds is 1. The van der Waals surface area contributed by atoms with Crippen molar-refractivity contribution < 1.29 is 21.7 Å². The van der Waals surface area contributed by atoms with Crippen LogP contribution in [0.2, 0.25) is 0 Å². The summed E-state index contributed by atoms with van der Waals surface area (Å²) in [6, 6.07) is 41.4. The first-order valence-electron chi connectivity index (χ1n) is 14.8. The van der Waals surface area contributed by atoms with Crippen LogP contribution in [0.5, 0.6) is 0 Å². The first-order chi connectivity index (χ1) is 19.5. The Morgan fingerprint density at radius 1 is 0.614 bits per heavy atom. The van der Waals surface area contributed by atoms with Gasteiger partial charge in [-0.05, 0) is 33.6 Å². The molecular weight excluding hydrogens is 564 g/mol. The van der Waals surface area contributed by atoms with Crippen LogP contribution >= 0.6 is 0 Å². The summed E-state index contributed by atoms with van der Waals surface area (Å²) < 4.78 is 0. The number of fused-ring (bicyclic) bond motifs is 5. The summed E-state index contributed by atoms with van der Waals surface area (Å²) in [5.74, 6) is 0. The Kier molecular flexibility index (Phi) is 10.7. The maximum atomic E-state index is 3.67. The molecule has 0 saturated heterocycles. The van der Waals surface area contributed by atoms with Crippen molar-refractivity contribution in [2.75, 3.05) is 0 Å². The Bertz CT molecular complexity index is 1880. The van der Waals surface area contributed by atoms with Crippen LogP contribution in [0.15, 0.2) is 103 Å². The van der Waals surface area contributed by atoms with Crippen molar-refractivity contribution in [3.05, 3.63) is 152 Å². The smallest absolute Gasteiger partial charge is 0.358 e. The second-order valence-electron chi connectivity index (χ2n) is 13.7. The van der Waals surface area contributed by atoms with Crippen molar-refractivity contribution >= 4 is 21.5 Å². The van der Waals surface area contributed by atoms with E-state index >= 15 is 0 Å². The fraction of sp³-hybridized carbons (Fsp3) is 0.233. The molecule has 0 unspecified atom stereocenters. The molecule has 6 aromatic rings. The zero-order valence-corrected chi connectivity index (χ0v) is 29.6. The van der Waals surface area contributed by atoms with Gasteiger partial charge in [0.1, 0.15) is 0 Å². The number of hydrogen-bond acceptors (Lipinski definition) is 0. The predicted molar refractivity (Wildman–Crippen MR) is 191 cm³/mol. The van der Waals surface area contributed by atoms with Crippen molar-refractivity contribution in [3.8, 4) is 22.3 Å². The molecule has 6 aromatic carbocycles. The van der Waals surface area contributed by atoms with Crippen LogP contribution in [-0.2, 0) is 39.0 Å². The molecule has 0 radical (unpaired) electrons. The van der Waals surface area contributed by atoms with Gasteiger partial charge in [0.2, 0.25) is 0 Å². The van der Waals surface area contributed by atoms with E-state index in [-0.39, 0.29) is 47.4 Å². The van der Waals surface area contributed by atoms with E-state index in [1.807, 2.05) is 0 Å². The fourth-order valence-corrected chi connectivity index (χ4v) is 6.09. The molecule has 0 aliphatic heterocycles. The summed E-state index contributed by atoms with van der Waals surface area (Å²) in [4.78, 5) is 0. The van der Waals surface area contributed by atoms with Crippen molar-refractivity contribution in [3.63, 3.8) is 0 Å². The minimum Gasteiger partial charge on any atom is -0.358 e. The van der Waals surface area contributed by atoms with E-state index in [1.165, 1.54) is 71.6 Å². The van der Waals surface area contributed by atoms with E-state index in [1.54, 1.807) is 0 Å². The quantitative estimate of drug-likeness (QED) is 0.128. The summed E-state index contributed by atoms with van der Waals surface area (Å²) in [6.07, 6.45) is 1.03. The standard InChI is InChI=1S/C21H25.C20H15.2CH3.Ti/c1-20(2,3)16-9-10-18-15(12-16)11-14-7-8-17(13-19(14)18)21(4,5)6;1-14-12-16-8-5-11-19(20(16)13-14)18-10-4-7-15-6-2-3-9-17(15)18;;;/h7-10,13H,11H2,1-6H3;2-13H,1H3;2*1H3;/q4*-1;+4. The molecule has 44 heavy (non-hydrogen) atoms. The molecule has 0 spiro atoms. The van der Waals surface area contributed by atoms with Gasteiger partial charge in [-0.3, -0.25) is 0 Å². The van der Waals surface area contributed by atoms with Crippen LogP contribution in [0.1, 0.15) is 69.4 Å². The SMILES string of the molecule is CC(C)(C)c1[c-]c2c(cc1)-c1cc(C(C)(C)C)ccc1C2.Cc1cc2cccc(-c3cccc4ccccc34)c2[cH-]1.[CH3-].[CH3-].[Ti+4]. The molecule has 0 N–H and O–H groups in total. The minimum atomic E-state index is 0. The molecule has 0 heterocycles. The third kappa shape index (κ3) is 6.83. The van der Waals surface area contributed by atoms with Crippen molar-refractivity contribution in [1.29, 1.82) is 0 Å². The Balaban J connectivity index is 0.000000225. The molecule has 1 aliphatic rings. The van der Waals surface area contributed by atoms with E-state index in [0.717, 1.165) is 6.42 Å².